The van der Waals surface area contributed by atoms with Gasteiger partial charge < -0.3 is 4.42 Å². The Labute approximate surface area is 272 Å². The van der Waals surface area contributed by atoms with Gasteiger partial charge in [0.1, 0.15) is 5.52 Å². The Morgan fingerprint density at radius 1 is 0.511 bits per heavy atom. The van der Waals surface area contributed by atoms with Crippen LogP contribution in [0.3, 0.4) is 0 Å². The zero-order valence-corrected chi connectivity index (χ0v) is 25.6. The van der Waals surface area contributed by atoms with Crippen molar-refractivity contribution >= 4 is 64.4 Å². The zero-order chi connectivity index (χ0) is 30.9. The van der Waals surface area contributed by atoms with E-state index in [2.05, 4.69) is 89.5 Å². The lowest BCUT2D eigenvalue weighted by Gasteiger charge is -2.11. The molecule has 0 aliphatic rings. The van der Waals surface area contributed by atoms with Crippen LogP contribution in [0.2, 0.25) is 0 Å². The molecule has 4 heterocycles. The Bertz CT molecular complexity index is 2730. The highest BCUT2D eigenvalue weighted by Crippen LogP contribution is 2.41. The Morgan fingerprint density at radius 2 is 1.21 bits per heavy atom. The van der Waals surface area contributed by atoms with Crippen LogP contribution in [0, 0.1) is 0 Å². The molecule has 7 heteroatoms. The first-order valence-corrected chi connectivity index (χ1v) is 16.2. The van der Waals surface area contributed by atoms with Crippen LogP contribution in [0.4, 0.5) is 0 Å². The van der Waals surface area contributed by atoms with Crippen molar-refractivity contribution in [3.63, 3.8) is 0 Å². The summed E-state index contributed by atoms with van der Waals surface area (Å²) in [6, 6.07) is 47.6. The molecule has 6 nitrogen and oxygen atoms in total. The summed E-state index contributed by atoms with van der Waals surface area (Å²) in [5.74, 6) is 2.46. The average molecular weight is 622 g/mol. The van der Waals surface area contributed by atoms with Gasteiger partial charge in [0.15, 0.2) is 17.2 Å². The summed E-state index contributed by atoms with van der Waals surface area (Å²) in [5.41, 5.74) is 6.58. The van der Waals surface area contributed by atoms with Crippen molar-refractivity contribution in [2.75, 3.05) is 0 Å². The molecule has 0 saturated heterocycles. The third-order valence-electron chi connectivity index (χ3n) is 8.71. The minimum atomic E-state index is 0.586. The Morgan fingerprint density at radius 3 is 2.02 bits per heavy atom. The molecule has 0 aliphatic carbocycles. The van der Waals surface area contributed by atoms with Gasteiger partial charge in [0.25, 0.3) is 0 Å². The topological polar surface area (TPSA) is 69.6 Å². The number of hydrogen-bond acceptors (Lipinski definition) is 6. The lowest BCUT2D eigenvalue weighted by Crippen LogP contribution is -2.06. The molecule has 0 amide bonds. The van der Waals surface area contributed by atoms with Gasteiger partial charge in [-0.25, -0.2) is 9.97 Å². The predicted octanol–water partition coefficient (Wildman–Crippen LogP) is 10.5. The fourth-order valence-corrected chi connectivity index (χ4v) is 7.73. The number of para-hydroxylation sites is 4. The number of thiophene rings is 1. The molecule has 0 radical (unpaired) electrons. The fraction of sp³-hybridized carbons (Fsp3) is 0. The quantitative estimate of drug-likeness (QED) is 0.196. The minimum Gasteiger partial charge on any atom is -0.436 e. The second kappa shape index (κ2) is 10.2. The van der Waals surface area contributed by atoms with Crippen molar-refractivity contribution < 1.29 is 4.42 Å². The maximum atomic E-state index is 6.11. The van der Waals surface area contributed by atoms with E-state index in [-0.39, 0.29) is 0 Å². The fourth-order valence-electron chi connectivity index (χ4n) is 6.54. The molecule has 6 aromatic carbocycles. The van der Waals surface area contributed by atoms with Crippen LogP contribution in [-0.2, 0) is 0 Å². The van der Waals surface area contributed by atoms with Crippen LogP contribution < -0.4 is 0 Å². The molecular formula is C40H23N5OS. The first-order chi connectivity index (χ1) is 23.3. The SMILES string of the molecule is c1ccc(-c2nc(-c3cccc4c3sc3ccc(-c5nc6ccccc6o5)cc34)nc(-n3c4ccccc4c4ccccc43)n2)cc1. The molecule has 220 valence electrons. The van der Waals surface area contributed by atoms with Crippen molar-refractivity contribution in [2.24, 2.45) is 0 Å². The Balaban J connectivity index is 1.21. The number of nitrogens with zero attached hydrogens (tertiary/aromatic N) is 5. The molecule has 0 saturated carbocycles. The highest BCUT2D eigenvalue weighted by atomic mass is 32.1. The first-order valence-electron chi connectivity index (χ1n) is 15.4. The molecule has 0 atom stereocenters. The van der Waals surface area contributed by atoms with E-state index in [0.29, 0.717) is 23.5 Å². The van der Waals surface area contributed by atoms with Gasteiger partial charge >= 0.3 is 0 Å². The molecule has 0 spiro atoms. The molecule has 0 N–H and O–H groups in total. The molecule has 4 aromatic heterocycles. The van der Waals surface area contributed by atoms with Gasteiger partial charge in [-0.05, 0) is 48.5 Å². The van der Waals surface area contributed by atoms with Gasteiger partial charge in [0, 0.05) is 47.6 Å². The average Bonchev–Trinajstić information content (AvgIpc) is 3.83. The molecule has 0 fully saturated rings. The maximum absolute atomic E-state index is 6.11. The van der Waals surface area contributed by atoms with E-state index in [1.54, 1.807) is 11.3 Å². The van der Waals surface area contributed by atoms with E-state index < -0.39 is 0 Å². The summed E-state index contributed by atoms with van der Waals surface area (Å²) in [7, 11) is 0. The summed E-state index contributed by atoms with van der Waals surface area (Å²) < 4.78 is 10.6. The van der Waals surface area contributed by atoms with Crippen molar-refractivity contribution in [3.05, 3.63) is 140 Å². The number of oxazole rings is 1. The predicted molar refractivity (Wildman–Crippen MR) is 191 cm³/mol. The Hall–Kier alpha value is -6.18. The normalized spacial score (nSPS) is 11.8. The van der Waals surface area contributed by atoms with Gasteiger partial charge in [-0.15, -0.1) is 11.3 Å². The highest BCUT2D eigenvalue weighted by molar-refractivity contribution is 7.26. The molecule has 10 aromatic rings. The smallest absolute Gasteiger partial charge is 0.238 e. The first kappa shape index (κ1) is 26.1. The van der Waals surface area contributed by atoms with Crippen LogP contribution >= 0.6 is 11.3 Å². The van der Waals surface area contributed by atoms with Gasteiger partial charge in [-0.2, -0.15) is 9.97 Å². The number of benzene rings is 6. The summed E-state index contributed by atoms with van der Waals surface area (Å²) in [5, 5.41) is 4.60. The second-order valence-corrected chi connectivity index (χ2v) is 12.6. The van der Waals surface area contributed by atoms with E-state index in [4.69, 9.17) is 24.4 Å². The zero-order valence-electron chi connectivity index (χ0n) is 24.8. The van der Waals surface area contributed by atoms with Crippen LogP contribution in [-0.4, -0.2) is 24.5 Å². The molecule has 10 rings (SSSR count). The maximum Gasteiger partial charge on any atom is 0.238 e. The molecule has 47 heavy (non-hydrogen) atoms. The largest absolute Gasteiger partial charge is 0.436 e. The minimum absolute atomic E-state index is 0.586. The van der Waals surface area contributed by atoms with E-state index in [1.165, 1.54) is 4.70 Å². The molecule has 0 aliphatic heterocycles. The van der Waals surface area contributed by atoms with E-state index in [0.717, 1.165) is 65.1 Å². The lowest BCUT2D eigenvalue weighted by molar-refractivity contribution is 0.620. The highest BCUT2D eigenvalue weighted by Gasteiger charge is 2.20. The molecule has 0 unspecified atom stereocenters. The van der Waals surface area contributed by atoms with E-state index >= 15 is 0 Å². The van der Waals surface area contributed by atoms with Gasteiger partial charge in [0.2, 0.25) is 11.8 Å². The Kier molecular flexibility index (Phi) is 5.64. The van der Waals surface area contributed by atoms with Crippen LogP contribution in [0.15, 0.2) is 144 Å². The lowest BCUT2D eigenvalue weighted by atomic mass is 10.1. The summed E-state index contributed by atoms with van der Waals surface area (Å²) in [6.45, 7) is 0. The molecule has 0 bridgehead atoms. The number of hydrogen-bond donors (Lipinski definition) is 0. The third-order valence-corrected chi connectivity index (χ3v) is 9.93. The summed E-state index contributed by atoms with van der Waals surface area (Å²) >= 11 is 1.74. The van der Waals surface area contributed by atoms with Crippen LogP contribution in [0.25, 0.3) is 93.3 Å². The van der Waals surface area contributed by atoms with E-state index in [1.807, 2.05) is 54.6 Å². The summed E-state index contributed by atoms with van der Waals surface area (Å²) in [4.78, 5) is 20.1. The van der Waals surface area contributed by atoms with Crippen LogP contribution in [0.5, 0.6) is 0 Å². The summed E-state index contributed by atoms with van der Waals surface area (Å²) in [6.07, 6.45) is 0. The number of rotatable bonds is 4. The monoisotopic (exact) mass is 621 g/mol. The standard InChI is InChI=1S/C40H23N5OS/c1-2-11-24(12-3-1)37-42-38(44-40(43-37)45-32-18-7-4-13-26(32)27-14-5-8-19-33(27)45)29-16-10-15-28-30-23-25(21-22-35(30)47-36(28)29)39-41-31-17-6-9-20-34(31)46-39/h1-23H. The van der Waals surface area contributed by atoms with Crippen LogP contribution in [0.1, 0.15) is 0 Å². The van der Waals surface area contributed by atoms with Crippen molar-refractivity contribution in [1.29, 1.82) is 0 Å². The number of aromatic nitrogens is 5. The van der Waals surface area contributed by atoms with Crippen molar-refractivity contribution in [1.82, 2.24) is 24.5 Å². The van der Waals surface area contributed by atoms with E-state index in [9.17, 15) is 0 Å². The number of fused-ring (bicyclic) bond motifs is 7. The van der Waals surface area contributed by atoms with Gasteiger partial charge in [-0.3, -0.25) is 4.57 Å². The van der Waals surface area contributed by atoms with Gasteiger partial charge in [0.05, 0.1) is 11.0 Å². The van der Waals surface area contributed by atoms with Crippen molar-refractivity contribution in [3.8, 4) is 40.2 Å². The molecular weight excluding hydrogens is 599 g/mol. The van der Waals surface area contributed by atoms with Crippen molar-refractivity contribution in [2.45, 2.75) is 0 Å². The van der Waals surface area contributed by atoms with Gasteiger partial charge in [-0.1, -0.05) is 91.0 Å². The third kappa shape index (κ3) is 4.10. The second-order valence-electron chi connectivity index (χ2n) is 11.5.